The molecule has 0 aromatic carbocycles. The van der Waals surface area contributed by atoms with Gasteiger partial charge < -0.3 is 15.0 Å². The van der Waals surface area contributed by atoms with Crippen LogP contribution in [0.1, 0.15) is 33.1 Å². The van der Waals surface area contributed by atoms with Crippen LogP contribution in [-0.2, 0) is 9.53 Å². The van der Waals surface area contributed by atoms with Crippen LogP contribution in [0.15, 0.2) is 12.3 Å². The van der Waals surface area contributed by atoms with E-state index in [0.717, 1.165) is 19.3 Å². The van der Waals surface area contributed by atoms with Gasteiger partial charge in [-0.25, -0.2) is 4.79 Å². The number of nitrogens with zero attached hydrogens (tertiary/aromatic N) is 1. The molecule has 102 valence electrons. The molecule has 1 rings (SSSR count). The summed E-state index contributed by atoms with van der Waals surface area (Å²) < 4.78 is 5.00. The molecule has 1 N–H and O–H groups in total. The normalized spacial score (nSPS) is 19.9. The highest BCUT2D eigenvalue weighted by Crippen LogP contribution is 2.17. The molecule has 2 amide bonds. The van der Waals surface area contributed by atoms with Crippen LogP contribution in [0, 0.1) is 5.92 Å². The number of rotatable bonds is 4. The average Bonchev–Trinajstić information content (AvgIpc) is 2.39. The van der Waals surface area contributed by atoms with Gasteiger partial charge in [-0.05, 0) is 26.2 Å². The number of allylic oxidation sites excluding steroid dienone is 1. The van der Waals surface area contributed by atoms with Gasteiger partial charge in [0.25, 0.3) is 0 Å². The molecule has 0 radical (unpaired) electrons. The van der Waals surface area contributed by atoms with Crippen molar-refractivity contribution in [2.75, 3.05) is 19.7 Å². The molecule has 1 atom stereocenters. The largest absolute Gasteiger partial charge is 0.466 e. The molecule has 0 spiro atoms. The van der Waals surface area contributed by atoms with Crippen LogP contribution in [-0.4, -0.2) is 36.6 Å². The van der Waals surface area contributed by atoms with Crippen molar-refractivity contribution in [3.63, 3.8) is 0 Å². The number of likely N-dealkylation sites (tertiary alicyclic amines) is 1. The Kier molecular flexibility index (Phi) is 6.25. The Hall–Kier alpha value is -1.52. The Labute approximate surface area is 108 Å². The second-order valence-electron chi connectivity index (χ2n) is 4.30. The van der Waals surface area contributed by atoms with Gasteiger partial charge in [-0.15, -0.1) is 0 Å². The minimum absolute atomic E-state index is 0.145. The summed E-state index contributed by atoms with van der Waals surface area (Å²) in [4.78, 5) is 25.1. The van der Waals surface area contributed by atoms with Gasteiger partial charge in [0.05, 0.1) is 12.5 Å². The first-order valence-electron chi connectivity index (χ1n) is 6.56. The fourth-order valence-electron chi connectivity index (χ4n) is 1.95. The van der Waals surface area contributed by atoms with Crippen molar-refractivity contribution in [3.8, 4) is 0 Å². The fraction of sp³-hybridized carbons (Fsp3) is 0.692. The van der Waals surface area contributed by atoms with Gasteiger partial charge >= 0.3 is 12.0 Å². The van der Waals surface area contributed by atoms with Crippen molar-refractivity contribution in [1.29, 1.82) is 0 Å². The van der Waals surface area contributed by atoms with Gasteiger partial charge in [0.2, 0.25) is 0 Å². The minimum Gasteiger partial charge on any atom is -0.466 e. The molecule has 5 heteroatoms. The van der Waals surface area contributed by atoms with Crippen LogP contribution in [0.3, 0.4) is 0 Å². The summed E-state index contributed by atoms with van der Waals surface area (Å²) in [6.45, 7) is 5.33. The van der Waals surface area contributed by atoms with E-state index in [1.807, 2.05) is 13.0 Å². The monoisotopic (exact) mass is 254 g/mol. The zero-order valence-electron chi connectivity index (χ0n) is 11.1. The molecule has 0 aliphatic carbocycles. The summed E-state index contributed by atoms with van der Waals surface area (Å²) in [6.07, 6.45) is 6.05. The van der Waals surface area contributed by atoms with Crippen LogP contribution >= 0.6 is 0 Å². The zero-order chi connectivity index (χ0) is 13.4. The highest BCUT2D eigenvalue weighted by Gasteiger charge is 2.28. The maximum absolute atomic E-state index is 11.8. The van der Waals surface area contributed by atoms with Crippen molar-refractivity contribution in [1.82, 2.24) is 10.2 Å². The third-order valence-electron chi connectivity index (χ3n) is 2.89. The smallest absolute Gasteiger partial charge is 0.321 e. The highest BCUT2D eigenvalue weighted by atomic mass is 16.5. The fourth-order valence-corrected chi connectivity index (χ4v) is 1.95. The molecule has 1 heterocycles. The molecule has 5 nitrogen and oxygen atoms in total. The number of carbonyl (C=O) groups is 2. The Balaban J connectivity index is 2.45. The standard InChI is InChI=1S/C13H22N2O3/c1-3-5-8-14-13(17)15-9-6-7-11(10-15)12(16)18-4-2/h5,8,11H,3-4,6-7,9-10H2,1-2H3,(H,14,17)/b8-5+. The minimum atomic E-state index is -0.195. The lowest BCUT2D eigenvalue weighted by atomic mass is 9.98. The lowest BCUT2D eigenvalue weighted by Gasteiger charge is -2.31. The molecule has 1 aliphatic rings. The molecule has 1 unspecified atom stereocenters. The number of hydrogen-bond donors (Lipinski definition) is 1. The molecular formula is C13H22N2O3. The van der Waals surface area contributed by atoms with Crippen LogP contribution < -0.4 is 5.32 Å². The number of esters is 1. The van der Waals surface area contributed by atoms with Crippen molar-refractivity contribution < 1.29 is 14.3 Å². The number of piperidine rings is 1. The first-order valence-corrected chi connectivity index (χ1v) is 6.56. The number of carbonyl (C=O) groups excluding carboxylic acids is 2. The molecule has 1 saturated heterocycles. The van der Waals surface area contributed by atoms with E-state index in [1.54, 1.807) is 18.0 Å². The molecule has 1 aliphatic heterocycles. The third kappa shape index (κ3) is 4.39. The molecular weight excluding hydrogens is 232 g/mol. The Morgan fingerprint density at radius 1 is 1.44 bits per heavy atom. The van der Waals surface area contributed by atoms with E-state index in [4.69, 9.17) is 4.74 Å². The Morgan fingerprint density at radius 3 is 2.89 bits per heavy atom. The molecule has 1 fully saturated rings. The second kappa shape index (κ2) is 7.74. The molecule has 0 bridgehead atoms. The predicted octanol–water partition coefficient (Wildman–Crippen LogP) is 1.89. The van der Waals surface area contributed by atoms with Gasteiger partial charge in [-0.1, -0.05) is 13.0 Å². The van der Waals surface area contributed by atoms with Gasteiger partial charge in [-0.2, -0.15) is 0 Å². The summed E-state index contributed by atoms with van der Waals surface area (Å²) >= 11 is 0. The maximum Gasteiger partial charge on any atom is 0.321 e. The number of nitrogens with one attached hydrogen (secondary N) is 1. The number of hydrogen-bond acceptors (Lipinski definition) is 3. The second-order valence-corrected chi connectivity index (χ2v) is 4.30. The van der Waals surface area contributed by atoms with Crippen LogP contribution in [0.2, 0.25) is 0 Å². The number of urea groups is 1. The van der Waals surface area contributed by atoms with Crippen LogP contribution in [0.25, 0.3) is 0 Å². The van der Waals surface area contributed by atoms with Gasteiger partial charge in [0.1, 0.15) is 0 Å². The van der Waals surface area contributed by atoms with E-state index >= 15 is 0 Å². The molecule has 0 aromatic heterocycles. The van der Waals surface area contributed by atoms with Crippen LogP contribution in [0.4, 0.5) is 4.79 Å². The summed E-state index contributed by atoms with van der Waals surface area (Å²) in [5, 5.41) is 2.70. The SMILES string of the molecule is CC/C=C/NC(=O)N1CCCC(C(=O)OCC)C1. The Bertz CT molecular complexity index is 315. The highest BCUT2D eigenvalue weighted by molar-refractivity contribution is 5.77. The van der Waals surface area contributed by atoms with Crippen molar-refractivity contribution in [2.24, 2.45) is 5.92 Å². The first-order chi connectivity index (χ1) is 8.69. The summed E-state index contributed by atoms with van der Waals surface area (Å²) in [5.74, 6) is -0.376. The number of amides is 2. The average molecular weight is 254 g/mol. The van der Waals surface area contributed by atoms with E-state index in [2.05, 4.69) is 5.32 Å². The van der Waals surface area contributed by atoms with Gasteiger partial charge in [0.15, 0.2) is 0 Å². The van der Waals surface area contributed by atoms with Crippen molar-refractivity contribution in [3.05, 3.63) is 12.3 Å². The maximum atomic E-state index is 11.8. The first kappa shape index (κ1) is 14.5. The van der Waals surface area contributed by atoms with Crippen molar-refractivity contribution >= 4 is 12.0 Å². The summed E-state index contributed by atoms with van der Waals surface area (Å²) in [6, 6.07) is -0.145. The summed E-state index contributed by atoms with van der Waals surface area (Å²) in [7, 11) is 0. The van der Waals surface area contributed by atoms with Crippen LogP contribution in [0.5, 0.6) is 0 Å². The van der Waals surface area contributed by atoms with Gasteiger partial charge in [0, 0.05) is 19.3 Å². The molecule has 0 aromatic rings. The summed E-state index contributed by atoms with van der Waals surface area (Å²) in [5.41, 5.74) is 0. The number of ether oxygens (including phenoxy) is 1. The lowest BCUT2D eigenvalue weighted by molar-refractivity contribution is -0.149. The third-order valence-corrected chi connectivity index (χ3v) is 2.89. The zero-order valence-corrected chi connectivity index (χ0v) is 11.1. The van der Waals surface area contributed by atoms with Crippen molar-refractivity contribution in [2.45, 2.75) is 33.1 Å². The van der Waals surface area contributed by atoms with Gasteiger partial charge in [-0.3, -0.25) is 4.79 Å². The quantitative estimate of drug-likeness (QED) is 0.779. The van der Waals surface area contributed by atoms with E-state index in [9.17, 15) is 9.59 Å². The van der Waals surface area contributed by atoms with E-state index in [1.165, 1.54) is 0 Å². The lowest BCUT2D eigenvalue weighted by Crippen LogP contribution is -2.46. The Morgan fingerprint density at radius 2 is 2.22 bits per heavy atom. The molecule has 18 heavy (non-hydrogen) atoms. The molecule has 0 saturated carbocycles. The van der Waals surface area contributed by atoms with E-state index in [-0.39, 0.29) is 17.9 Å². The predicted molar refractivity (Wildman–Crippen MR) is 68.9 cm³/mol. The van der Waals surface area contributed by atoms with E-state index in [0.29, 0.717) is 19.7 Å². The topological polar surface area (TPSA) is 58.6 Å². The van der Waals surface area contributed by atoms with E-state index < -0.39 is 0 Å².